The monoisotopic (exact) mass is 348 g/mol. The molecule has 0 radical (unpaired) electrons. The van der Waals surface area contributed by atoms with E-state index >= 15 is 0 Å². The lowest BCUT2D eigenvalue weighted by molar-refractivity contribution is 0.0996. The minimum absolute atomic E-state index is 0.0327. The standard InChI is InChI=1S/C21H20N2O3/c22-18-11-6-5-10-17(18)19(24)12-2-1-7-13-23-20(25)14-15-8-3-4-9-16(15)21(23)26/h1-6,8-11,14,26H,7,12-13,22H2. The number of hydrogen-bond donors (Lipinski definition) is 2. The largest absolute Gasteiger partial charge is 0.494 e. The van der Waals surface area contributed by atoms with Crippen molar-refractivity contribution in [2.24, 2.45) is 0 Å². The number of carbonyl (C=O) groups excluding carboxylic acids is 1. The number of fused-ring (bicyclic) bond motifs is 1. The molecule has 5 heteroatoms. The number of nitrogen functional groups attached to an aromatic ring is 1. The zero-order valence-electron chi connectivity index (χ0n) is 14.3. The molecule has 1 aromatic heterocycles. The number of hydrogen-bond acceptors (Lipinski definition) is 4. The Labute approximate surface area is 151 Å². The van der Waals surface area contributed by atoms with E-state index in [2.05, 4.69) is 0 Å². The van der Waals surface area contributed by atoms with Gasteiger partial charge in [0.05, 0.1) is 0 Å². The second-order valence-corrected chi connectivity index (χ2v) is 6.02. The van der Waals surface area contributed by atoms with E-state index in [4.69, 9.17) is 5.73 Å². The summed E-state index contributed by atoms with van der Waals surface area (Å²) in [6, 6.07) is 15.7. The van der Waals surface area contributed by atoms with Gasteiger partial charge in [0.1, 0.15) is 0 Å². The molecule has 0 atom stereocenters. The van der Waals surface area contributed by atoms with E-state index in [-0.39, 0.29) is 23.6 Å². The number of anilines is 1. The van der Waals surface area contributed by atoms with Gasteiger partial charge in [0.15, 0.2) is 5.78 Å². The smallest absolute Gasteiger partial charge is 0.253 e. The number of aromatic hydroxyl groups is 1. The molecule has 0 saturated carbocycles. The normalized spacial score (nSPS) is 11.2. The number of aromatic nitrogens is 1. The van der Waals surface area contributed by atoms with Crippen molar-refractivity contribution in [3.8, 4) is 5.88 Å². The fourth-order valence-corrected chi connectivity index (χ4v) is 2.88. The molecular weight excluding hydrogens is 328 g/mol. The van der Waals surface area contributed by atoms with Crippen LogP contribution in [0.1, 0.15) is 23.2 Å². The van der Waals surface area contributed by atoms with E-state index in [1.165, 1.54) is 10.6 Å². The van der Waals surface area contributed by atoms with Gasteiger partial charge in [0.25, 0.3) is 5.56 Å². The molecule has 26 heavy (non-hydrogen) atoms. The van der Waals surface area contributed by atoms with Crippen molar-refractivity contribution in [2.45, 2.75) is 19.4 Å². The van der Waals surface area contributed by atoms with Crippen LogP contribution < -0.4 is 11.3 Å². The Balaban J connectivity index is 1.64. The van der Waals surface area contributed by atoms with Gasteiger partial charge in [-0.1, -0.05) is 42.5 Å². The minimum Gasteiger partial charge on any atom is -0.494 e. The second-order valence-electron chi connectivity index (χ2n) is 6.02. The number of allylic oxidation sites excluding steroid dienone is 2. The van der Waals surface area contributed by atoms with Crippen LogP contribution in [0.2, 0.25) is 0 Å². The molecule has 0 aliphatic rings. The predicted molar refractivity (Wildman–Crippen MR) is 103 cm³/mol. The highest BCUT2D eigenvalue weighted by Gasteiger charge is 2.08. The van der Waals surface area contributed by atoms with E-state index in [1.54, 1.807) is 42.5 Å². The number of nitrogens with zero attached hydrogens (tertiary/aromatic N) is 1. The van der Waals surface area contributed by atoms with E-state index in [9.17, 15) is 14.7 Å². The predicted octanol–water partition coefficient (Wildman–Crippen LogP) is 3.51. The first-order valence-electron chi connectivity index (χ1n) is 8.42. The van der Waals surface area contributed by atoms with Crippen molar-refractivity contribution >= 4 is 22.2 Å². The lowest BCUT2D eigenvalue weighted by Gasteiger charge is -2.09. The summed E-state index contributed by atoms with van der Waals surface area (Å²) in [6.07, 6.45) is 4.37. The van der Waals surface area contributed by atoms with Gasteiger partial charge < -0.3 is 10.8 Å². The van der Waals surface area contributed by atoms with Gasteiger partial charge in [0, 0.05) is 35.7 Å². The molecule has 0 unspecified atom stereocenters. The summed E-state index contributed by atoms with van der Waals surface area (Å²) < 4.78 is 1.34. The number of para-hydroxylation sites is 1. The van der Waals surface area contributed by atoms with Gasteiger partial charge in [-0.3, -0.25) is 14.2 Å². The molecule has 5 nitrogen and oxygen atoms in total. The Bertz CT molecular complexity index is 1030. The van der Waals surface area contributed by atoms with Gasteiger partial charge in [-0.05, 0) is 30.0 Å². The number of pyridine rings is 1. The van der Waals surface area contributed by atoms with E-state index in [1.807, 2.05) is 18.2 Å². The maximum Gasteiger partial charge on any atom is 0.253 e. The maximum atomic E-state index is 12.2. The molecule has 2 aromatic carbocycles. The van der Waals surface area contributed by atoms with Gasteiger partial charge >= 0.3 is 0 Å². The lowest BCUT2D eigenvalue weighted by Crippen LogP contribution is -2.18. The van der Waals surface area contributed by atoms with Crippen LogP contribution in [0, 0.1) is 0 Å². The van der Waals surface area contributed by atoms with Crippen LogP contribution >= 0.6 is 0 Å². The average Bonchev–Trinajstić information content (AvgIpc) is 2.64. The zero-order chi connectivity index (χ0) is 18.5. The minimum atomic E-state index is -0.247. The van der Waals surface area contributed by atoms with Crippen molar-refractivity contribution in [2.75, 3.05) is 5.73 Å². The quantitative estimate of drug-likeness (QED) is 0.405. The third kappa shape index (κ3) is 3.67. The van der Waals surface area contributed by atoms with Crippen molar-refractivity contribution < 1.29 is 9.90 Å². The Morgan fingerprint density at radius 3 is 2.62 bits per heavy atom. The molecule has 3 N–H and O–H groups in total. The van der Waals surface area contributed by atoms with Crippen LogP contribution in [0.5, 0.6) is 5.88 Å². The molecule has 132 valence electrons. The third-order valence-corrected chi connectivity index (χ3v) is 4.25. The summed E-state index contributed by atoms with van der Waals surface area (Å²) >= 11 is 0. The van der Waals surface area contributed by atoms with E-state index in [0.29, 0.717) is 35.0 Å². The first-order chi connectivity index (χ1) is 12.6. The summed E-state index contributed by atoms with van der Waals surface area (Å²) in [5.41, 5.74) is 6.53. The second kappa shape index (κ2) is 7.70. The maximum absolute atomic E-state index is 12.2. The number of carbonyl (C=O) groups is 1. The number of Topliss-reactive ketones (excluding diaryl/α,β-unsaturated/α-hetero) is 1. The van der Waals surface area contributed by atoms with Crippen LogP contribution in [0.15, 0.2) is 71.5 Å². The Morgan fingerprint density at radius 1 is 1.08 bits per heavy atom. The van der Waals surface area contributed by atoms with E-state index in [0.717, 1.165) is 0 Å². The lowest BCUT2D eigenvalue weighted by atomic mass is 10.1. The Hall–Kier alpha value is -3.34. The number of nitrogens with two attached hydrogens (primary N) is 1. The summed E-state index contributed by atoms with van der Waals surface area (Å²) in [6.45, 7) is 0.341. The average molecular weight is 348 g/mol. The Kier molecular flexibility index (Phi) is 5.17. The highest BCUT2D eigenvalue weighted by atomic mass is 16.3. The summed E-state index contributed by atoms with van der Waals surface area (Å²) in [4.78, 5) is 24.3. The molecule has 0 aliphatic heterocycles. The van der Waals surface area contributed by atoms with Crippen molar-refractivity contribution in [1.82, 2.24) is 4.57 Å². The third-order valence-electron chi connectivity index (χ3n) is 4.25. The molecule has 0 spiro atoms. The molecule has 0 fully saturated rings. The molecule has 0 aliphatic carbocycles. The number of ketones is 1. The van der Waals surface area contributed by atoms with Crippen LogP contribution in [0.4, 0.5) is 5.69 Å². The van der Waals surface area contributed by atoms with Crippen molar-refractivity contribution in [3.63, 3.8) is 0 Å². The fourth-order valence-electron chi connectivity index (χ4n) is 2.88. The topological polar surface area (TPSA) is 85.3 Å². The summed E-state index contributed by atoms with van der Waals surface area (Å²) in [5.74, 6) is -0.0836. The molecule has 3 aromatic rings. The Morgan fingerprint density at radius 2 is 1.81 bits per heavy atom. The summed E-state index contributed by atoms with van der Waals surface area (Å²) in [5, 5.41) is 11.7. The molecule has 0 saturated heterocycles. The van der Waals surface area contributed by atoms with Crippen LogP contribution in [-0.4, -0.2) is 15.5 Å². The van der Waals surface area contributed by atoms with Gasteiger partial charge in [-0.2, -0.15) is 0 Å². The molecular formula is C21H20N2O3. The zero-order valence-corrected chi connectivity index (χ0v) is 14.3. The van der Waals surface area contributed by atoms with Crippen molar-refractivity contribution in [1.29, 1.82) is 0 Å². The van der Waals surface area contributed by atoms with Crippen LogP contribution in [-0.2, 0) is 6.54 Å². The molecule has 3 rings (SSSR count). The van der Waals surface area contributed by atoms with Crippen molar-refractivity contribution in [3.05, 3.63) is 82.7 Å². The number of benzene rings is 2. The van der Waals surface area contributed by atoms with Crippen LogP contribution in [0.3, 0.4) is 0 Å². The molecule has 0 amide bonds. The van der Waals surface area contributed by atoms with E-state index < -0.39 is 0 Å². The van der Waals surface area contributed by atoms with Crippen LogP contribution in [0.25, 0.3) is 10.8 Å². The summed E-state index contributed by atoms with van der Waals surface area (Å²) in [7, 11) is 0. The van der Waals surface area contributed by atoms with Gasteiger partial charge in [-0.25, -0.2) is 0 Å². The first kappa shape index (κ1) is 17.5. The van der Waals surface area contributed by atoms with Gasteiger partial charge in [0.2, 0.25) is 5.88 Å². The highest BCUT2D eigenvalue weighted by Crippen LogP contribution is 2.22. The molecule has 1 heterocycles. The first-order valence-corrected chi connectivity index (χ1v) is 8.42. The SMILES string of the molecule is Nc1ccccc1C(=O)CC=CCCn1c(O)c2ccccc2cc1=O. The van der Waals surface area contributed by atoms with Gasteiger partial charge in [-0.15, -0.1) is 0 Å². The molecule has 0 bridgehead atoms. The fraction of sp³-hybridized carbons (Fsp3) is 0.143. The highest BCUT2D eigenvalue weighted by molar-refractivity contribution is 6.01. The number of rotatable bonds is 6.